The van der Waals surface area contributed by atoms with Crippen molar-refractivity contribution in [1.82, 2.24) is 4.68 Å². The Kier molecular flexibility index (Phi) is 4.26. The van der Waals surface area contributed by atoms with Gasteiger partial charge >= 0.3 is 0 Å². The molecule has 1 aromatic carbocycles. The lowest BCUT2D eigenvalue weighted by Gasteiger charge is -2.11. The molecule has 0 atom stereocenters. The van der Waals surface area contributed by atoms with Crippen LogP contribution in [0.15, 0.2) is 42.5 Å². The molecule has 106 valence electrons. The number of benzene rings is 1. The van der Waals surface area contributed by atoms with Crippen molar-refractivity contribution in [2.75, 3.05) is 11.2 Å². The fourth-order valence-electron chi connectivity index (χ4n) is 1.62. The molecule has 1 heterocycles. The van der Waals surface area contributed by atoms with Crippen molar-refractivity contribution in [2.24, 2.45) is 0 Å². The van der Waals surface area contributed by atoms with Gasteiger partial charge in [0.25, 0.3) is 5.91 Å². The van der Waals surface area contributed by atoms with Crippen LogP contribution in [-0.2, 0) is 4.79 Å². The van der Waals surface area contributed by atoms with Crippen molar-refractivity contribution in [3.63, 3.8) is 0 Å². The Morgan fingerprint density at radius 2 is 2.10 bits per heavy atom. The second-order valence-corrected chi connectivity index (χ2v) is 4.08. The summed E-state index contributed by atoms with van der Waals surface area (Å²) in [7, 11) is 0. The SMILES string of the molecule is CC#CC(=O)Nc1cccc(Oc2cccc(=N)n2N)c1. The molecule has 0 bridgehead atoms. The van der Waals surface area contributed by atoms with Gasteiger partial charge in [0, 0.05) is 17.8 Å². The molecule has 0 aliphatic rings. The molecule has 0 spiro atoms. The topological polar surface area (TPSA) is 93.1 Å². The first-order chi connectivity index (χ1) is 10.1. The standard InChI is InChI=1S/C15H14N4O2/c1-2-5-14(20)18-11-6-3-7-12(10-11)21-15-9-4-8-13(16)19(15)17/h3-4,6-10,16H,17H2,1H3,(H,18,20). The van der Waals surface area contributed by atoms with Crippen molar-refractivity contribution in [1.29, 1.82) is 5.41 Å². The molecule has 21 heavy (non-hydrogen) atoms. The quantitative estimate of drug-likeness (QED) is 0.587. The number of nitrogens with one attached hydrogen (secondary N) is 2. The largest absolute Gasteiger partial charge is 0.439 e. The highest BCUT2D eigenvalue weighted by Crippen LogP contribution is 2.22. The van der Waals surface area contributed by atoms with Crippen LogP contribution >= 0.6 is 0 Å². The summed E-state index contributed by atoms with van der Waals surface area (Å²) in [6.07, 6.45) is 0. The molecule has 2 rings (SSSR count). The van der Waals surface area contributed by atoms with Crippen LogP contribution in [0.3, 0.4) is 0 Å². The average molecular weight is 282 g/mol. The third-order valence-electron chi connectivity index (χ3n) is 2.54. The zero-order valence-electron chi connectivity index (χ0n) is 11.4. The molecule has 0 unspecified atom stereocenters. The third-order valence-corrected chi connectivity index (χ3v) is 2.54. The number of hydrogen-bond acceptors (Lipinski definition) is 4. The highest BCUT2D eigenvalue weighted by molar-refractivity contribution is 6.03. The highest BCUT2D eigenvalue weighted by Gasteiger charge is 2.04. The molecule has 1 amide bonds. The summed E-state index contributed by atoms with van der Waals surface area (Å²) in [5.41, 5.74) is 0.682. The summed E-state index contributed by atoms with van der Waals surface area (Å²) in [5.74, 6) is 11.0. The Balaban J connectivity index is 2.21. The van der Waals surface area contributed by atoms with Gasteiger partial charge in [0.15, 0.2) is 0 Å². The Morgan fingerprint density at radius 3 is 2.86 bits per heavy atom. The van der Waals surface area contributed by atoms with E-state index in [1.807, 2.05) is 0 Å². The van der Waals surface area contributed by atoms with E-state index in [2.05, 4.69) is 17.2 Å². The highest BCUT2D eigenvalue weighted by atomic mass is 16.5. The molecule has 6 nitrogen and oxygen atoms in total. The first kappa shape index (κ1) is 14.2. The van der Waals surface area contributed by atoms with E-state index in [-0.39, 0.29) is 5.49 Å². The van der Waals surface area contributed by atoms with Crippen LogP contribution in [-0.4, -0.2) is 10.6 Å². The van der Waals surface area contributed by atoms with Crippen LogP contribution in [0, 0.1) is 17.3 Å². The predicted octanol–water partition coefficient (Wildman–Crippen LogP) is 1.44. The van der Waals surface area contributed by atoms with Crippen molar-refractivity contribution >= 4 is 11.6 Å². The zero-order chi connectivity index (χ0) is 15.2. The maximum absolute atomic E-state index is 11.4. The molecule has 0 radical (unpaired) electrons. The summed E-state index contributed by atoms with van der Waals surface area (Å²) in [6.45, 7) is 1.59. The number of carbonyl (C=O) groups excluding carboxylic acids is 1. The smallest absolute Gasteiger partial charge is 0.300 e. The van der Waals surface area contributed by atoms with E-state index in [1.54, 1.807) is 49.4 Å². The fraction of sp³-hybridized carbons (Fsp3) is 0.0667. The number of aromatic nitrogens is 1. The summed E-state index contributed by atoms with van der Waals surface area (Å²) in [5, 5.41) is 10.2. The number of ether oxygens (including phenoxy) is 1. The van der Waals surface area contributed by atoms with Gasteiger partial charge in [0.05, 0.1) is 0 Å². The number of anilines is 1. The van der Waals surface area contributed by atoms with Crippen LogP contribution in [0.5, 0.6) is 11.6 Å². The lowest BCUT2D eigenvalue weighted by molar-refractivity contribution is -0.111. The molecule has 6 heteroatoms. The summed E-state index contributed by atoms with van der Waals surface area (Å²) < 4.78 is 6.72. The van der Waals surface area contributed by atoms with E-state index >= 15 is 0 Å². The van der Waals surface area contributed by atoms with Crippen LogP contribution < -0.4 is 21.4 Å². The van der Waals surface area contributed by atoms with Crippen LogP contribution in [0.4, 0.5) is 5.69 Å². The van der Waals surface area contributed by atoms with E-state index in [0.29, 0.717) is 17.3 Å². The average Bonchev–Trinajstić information content (AvgIpc) is 2.44. The minimum atomic E-state index is -0.392. The number of nitrogens with two attached hydrogens (primary N) is 1. The number of hydrogen-bond donors (Lipinski definition) is 3. The second kappa shape index (κ2) is 6.30. The van der Waals surface area contributed by atoms with Gasteiger partial charge in [0.2, 0.25) is 5.88 Å². The van der Waals surface area contributed by atoms with Gasteiger partial charge in [-0.25, -0.2) is 4.68 Å². The first-order valence-corrected chi connectivity index (χ1v) is 6.13. The van der Waals surface area contributed by atoms with E-state index in [4.69, 9.17) is 16.0 Å². The summed E-state index contributed by atoms with van der Waals surface area (Å²) in [6, 6.07) is 11.7. The van der Waals surface area contributed by atoms with Gasteiger partial charge < -0.3 is 15.9 Å². The van der Waals surface area contributed by atoms with Crippen molar-refractivity contribution in [3.8, 4) is 23.5 Å². The Morgan fingerprint density at radius 1 is 1.33 bits per heavy atom. The molecule has 0 aliphatic carbocycles. The van der Waals surface area contributed by atoms with Crippen LogP contribution in [0.2, 0.25) is 0 Å². The number of nitrogens with zero attached hydrogens (tertiary/aromatic N) is 1. The second-order valence-electron chi connectivity index (χ2n) is 4.08. The predicted molar refractivity (Wildman–Crippen MR) is 79.0 cm³/mol. The summed E-state index contributed by atoms with van der Waals surface area (Å²) in [4.78, 5) is 11.4. The van der Waals surface area contributed by atoms with Gasteiger partial charge in [-0.15, -0.1) is 0 Å². The van der Waals surface area contributed by atoms with Gasteiger partial charge in [-0.3, -0.25) is 10.2 Å². The number of carbonyl (C=O) groups is 1. The lowest BCUT2D eigenvalue weighted by Crippen LogP contribution is -2.27. The van der Waals surface area contributed by atoms with Gasteiger partial charge in [-0.1, -0.05) is 18.1 Å². The van der Waals surface area contributed by atoms with Crippen LogP contribution in [0.25, 0.3) is 0 Å². The van der Waals surface area contributed by atoms with Gasteiger partial charge in [-0.05, 0) is 31.0 Å². The maximum Gasteiger partial charge on any atom is 0.300 e. The Hall–Kier alpha value is -3.20. The number of rotatable bonds is 3. The molecular formula is C15H14N4O2. The number of amides is 1. The number of pyridine rings is 1. The molecule has 2 aromatic rings. The molecule has 1 aromatic heterocycles. The fourth-order valence-corrected chi connectivity index (χ4v) is 1.62. The van der Waals surface area contributed by atoms with Crippen molar-refractivity contribution in [2.45, 2.75) is 6.92 Å². The van der Waals surface area contributed by atoms with Gasteiger partial charge in [0.1, 0.15) is 11.2 Å². The minimum Gasteiger partial charge on any atom is -0.439 e. The molecule has 0 fully saturated rings. The van der Waals surface area contributed by atoms with Crippen LogP contribution in [0.1, 0.15) is 6.92 Å². The monoisotopic (exact) mass is 282 g/mol. The third kappa shape index (κ3) is 3.64. The summed E-state index contributed by atoms with van der Waals surface area (Å²) >= 11 is 0. The molecule has 0 saturated heterocycles. The van der Waals surface area contributed by atoms with E-state index in [9.17, 15) is 4.79 Å². The Bertz CT molecular complexity index is 784. The van der Waals surface area contributed by atoms with Gasteiger partial charge in [-0.2, -0.15) is 0 Å². The van der Waals surface area contributed by atoms with Crippen molar-refractivity contribution < 1.29 is 9.53 Å². The maximum atomic E-state index is 11.4. The lowest BCUT2D eigenvalue weighted by atomic mass is 10.3. The first-order valence-electron chi connectivity index (χ1n) is 6.13. The van der Waals surface area contributed by atoms with E-state index < -0.39 is 5.91 Å². The number of nitrogen functional groups attached to an aromatic ring is 1. The normalized spacial score (nSPS) is 9.38. The molecule has 0 aliphatic heterocycles. The molecule has 0 saturated carbocycles. The molecule has 4 N–H and O–H groups in total. The van der Waals surface area contributed by atoms with E-state index in [1.165, 1.54) is 0 Å². The minimum absolute atomic E-state index is 0.121. The van der Waals surface area contributed by atoms with E-state index in [0.717, 1.165) is 4.68 Å². The van der Waals surface area contributed by atoms with Crippen molar-refractivity contribution in [3.05, 3.63) is 48.0 Å². The zero-order valence-corrected chi connectivity index (χ0v) is 11.4. The molecular weight excluding hydrogens is 268 g/mol. The Labute approximate surface area is 121 Å².